The molecule has 2 aromatic carbocycles. The molecule has 4 heteroatoms. The van der Waals surface area contributed by atoms with Gasteiger partial charge in [0.2, 0.25) is 5.91 Å². The minimum Gasteiger partial charge on any atom is -0.326 e. The van der Waals surface area contributed by atoms with Crippen LogP contribution in [-0.2, 0) is 11.2 Å². The van der Waals surface area contributed by atoms with Crippen LogP contribution >= 0.6 is 0 Å². The molecule has 1 aliphatic heterocycles. The lowest BCUT2D eigenvalue weighted by molar-refractivity contribution is -0.116. The van der Waals surface area contributed by atoms with Gasteiger partial charge in [-0.2, -0.15) is 0 Å². The first-order valence-corrected chi connectivity index (χ1v) is 9.77. The highest BCUT2D eigenvalue weighted by molar-refractivity contribution is 5.97. The number of amides is 1. The smallest absolute Gasteiger partial charge is 0.225 e. The molecule has 0 aliphatic carbocycles. The number of nitrogens with one attached hydrogen (secondary N) is 1. The molecular formula is C23H28N2O2. The van der Waals surface area contributed by atoms with Gasteiger partial charge >= 0.3 is 0 Å². The van der Waals surface area contributed by atoms with Crippen molar-refractivity contribution in [1.82, 2.24) is 4.90 Å². The average Bonchev–Trinajstić information content (AvgIpc) is 2.68. The van der Waals surface area contributed by atoms with Crippen LogP contribution in [0, 0.1) is 5.92 Å². The van der Waals surface area contributed by atoms with Gasteiger partial charge in [0.05, 0.1) is 0 Å². The fourth-order valence-corrected chi connectivity index (χ4v) is 3.66. The first-order chi connectivity index (χ1) is 13.1. The van der Waals surface area contributed by atoms with Crippen LogP contribution in [0.2, 0.25) is 0 Å². The second kappa shape index (κ2) is 9.47. The summed E-state index contributed by atoms with van der Waals surface area (Å²) in [6.45, 7) is 4.44. The number of nitrogens with zero attached hydrogens (tertiary/aromatic N) is 1. The Hall–Kier alpha value is -2.46. The van der Waals surface area contributed by atoms with Gasteiger partial charge in [-0.3, -0.25) is 9.59 Å². The maximum atomic E-state index is 12.2. The van der Waals surface area contributed by atoms with Crippen LogP contribution in [0.4, 0.5) is 5.69 Å². The van der Waals surface area contributed by atoms with Crippen LogP contribution in [-0.4, -0.2) is 36.2 Å². The van der Waals surface area contributed by atoms with E-state index in [1.165, 1.54) is 25.3 Å². The van der Waals surface area contributed by atoms with E-state index in [-0.39, 0.29) is 11.7 Å². The molecule has 0 bridgehead atoms. The van der Waals surface area contributed by atoms with Crippen molar-refractivity contribution in [3.63, 3.8) is 0 Å². The van der Waals surface area contributed by atoms with E-state index < -0.39 is 0 Å². The number of likely N-dealkylation sites (tertiary alicyclic amines) is 1. The van der Waals surface area contributed by atoms with Crippen molar-refractivity contribution in [2.45, 2.75) is 32.6 Å². The van der Waals surface area contributed by atoms with Gasteiger partial charge in [-0.15, -0.1) is 0 Å². The predicted molar refractivity (Wildman–Crippen MR) is 109 cm³/mol. The number of rotatable bonds is 7. The van der Waals surface area contributed by atoms with Crippen molar-refractivity contribution in [2.75, 3.05) is 25.0 Å². The van der Waals surface area contributed by atoms with Gasteiger partial charge in [-0.25, -0.2) is 0 Å². The number of piperidine rings is 1. The quantitative estimate of drug-likeness (QED) is 0.750. The largest absolute Gasteiger partial charge is 0.326 e. The molecule has 142 valence electrons. The fraction of sp³-hybridized carbons (Fsp3) is 0.391. The summed E-state index contributed by atoms with van der Waals surface area (Å²) in [6, 6.07) is 17.8. The highest BCUT2D eigenvalue weighted by Gasteiger charge is 2.19. The molecular weight excluding hydrogens is 336 g/mol. The SMILES string of the molecule is CC(=O)c1cccc(NC(=O)CCN2CCC(Cc3ccccc3)CC2)c1. The van der Waals surface area contributed by atoms with Crippen molar-refractivity contribution in [3.05, 3.63) is 65.7 Å². The molecule has 0 atom stereocenters. The Balaban J connectivity index is 1.39. The fourth-order valence-electron chi connectivity index (χ4n) is 3.66. The van der Waals surface area contributed by atoms with Gasteiger partial charge in [0.15, 0.2) is 5.78 Å². The maximum absolute atomic E-state index is 12.2. The Bertz CT molecular complexity index is 765. The summed E-state index contributed by atoms with van der Waals surface area (Å²) < 4.78 is 0. The maximum Gasteiger partial charge on any atom is 0.225 e. The number of hydrogen-bond donors (Lipinski definition) is 1. The summed E-state index contributed by atoms with van der Waals surface area (Å²) in [5.74, 6) is 0.749. The highest BCUT2D eigenvalue weighted by Crippen LogP contribution is 2.21. The Morgan fingerprint density at radius 1 is 1.04 bits per heavy atom. The lowest BCUT2D eigenvalue weighted by Gasteiger charge is -2.31. The van der Waals surface area contributed by atoms with Crippen molar-refractivity contribution < 1.29 is 9.59 Å². The van der Waals surface area contributed by atoms with E-state index in [9.17, 15) is 9.59 Å². The number of anilines is 1. The second-order valence-corrected chi connectivity index (χ2v) is 7.41. The van der Waals surface area contributed by atoms with Crippen LogP contribution in [0.3, 0.4) is 0 Å². The van der Waals surface area contributed by atoms with Crippen LogP contribution in [0.25, 0.3) is 0 Å². The van der Waals surface area contributed by atoms with E-state index in [1.807, 2.05) is 6.07 Å². The number of benzene rings is 2. The van der Waals surface area contributed by atoms with Crippen LogP contribution in [0.1, 0.15) is 42.1 Å². The number of carbonyl (C=O) groups excluding carboxylic acids is 2. The molecule has 0 saturated carbocycles. The Morgan fingerprint density at radius 3 is 2.48 bits per heavy atom. The van der Waals surface area contributed by atoms with Gasteiger partial charge in [0.25, 0.3) is 0 Å². The number of carbonyl (C=O) groups is 2. The Morgan fingerprint density at radius 2 is 1.78 bits per heavy atom. The Kier molecular flexibility index (Phi) is 6.77. The zero-order chi connectivity index (χ0) is 19.1. The molecule has 4 nitrogen and oxygen atoms in total. The molecule has 0 spiro atoms. The lowest BCUT2D eigenvalue weighted by atomic mass is 9.90. The Labute approximate surface area is 161 Å². The number of hydrogen-bond acceptors (Lipinski definition) is 3. The summed E-state index contributed by atoms with van der Waals surface area (Å²) in [5, 5.41) is 2.90. The van der Waals surface area contributed by atoms with E-state index >= 15 is 0 Å². The summed E-state index contributed by atoms with van der Waals surface area (Å²) in [6.07, 6.45) is 4.02. The molecule has 0 aromatic heterocycles. The van der Waals surface area contributed by atoms with Gasteiger partial charge in [-0.05, 0) is 62.9 Å². The molecule has 1 saturated heterocycles. The molecule has 1 fully saturated rings. The summed E-state index contributed by atoms with van der Waals surface area (Å²) >= 11 is 0. The second-order valence-electron chi connectivity index (χ2n) is 7.41. The first kappa shape index (κ1) is 19.3. The molecule has 3 rings (SSSR count). The number of Topliss-reactive ketones (excluding diaryl/α,β-unsaturated/α-hetero) is 1. The van der Waals surface area contributed by atoms with Crippen LogP contribution < -0.4 is 5.32 Å². The zero-order valence-corrected chi connectivity index (χ0v) is 16.0. The molecule has 0 radical (unpaired) electrons. The van der Waals surface area contributed by atoms with E-state index in [1.54, 1.807) is 18.2 Å². The molecule has 0 unspecified atom stereocenters. The summed E-state index contributed by atoms with van der Waals surface area (Å²) in [5.41, 5.74) is 2.73. The third-order valence-electron chi connectivity index (χ3n) is 5.28. The van der Waals surface area contributed by atoms with Crippen molar-refractivity contribution in [3.8, 4) is 0 Å². The monoisotopic (exact) mass is 364 g/mol. The zero-order valence-electron chi connectivity index (χ0n) is 16.0. The van der Waals surface area contributed by atoms with Gasteiger partial charge in [0, 0.05) is 24.2 Å². The normalized spacial score (nSPS) is 15.4. The third-order valence-corrected chi connectivity index (χ3v) is 5.28. The average molecular weight is 364 g/mol. The molecule has 27 heavy (non-hydrogen) atoms. The predicted octanol–water partition coefficient (Wildman–Crippen LogP) is 4.17. The minimum atomic E-state index is 0.00195. The molecule has 2 aromatic rings. The molecule has 1 amide bonds. The number of ketones is 1. The first-order valence-electron chi connectivity index (χ1n) is 9.77. The lowest BCUT2D eigenvalue weighted by Crippen LogP contribution is -2.36. The van der Waals surface area contributed by atoms with Crippen molar-refractivity contribution >= 4 is 17.4 Å². The third kappa shape index (κ3) is 6.04. The van der Waals surface area contributed by atoms with Crippen LogP contribution in [0.15, 0.2) is 54.6 Å². The van der Waals surface area contributed by atoms with E-state index in [0.29, 0.717) is 17.7 Å². The standard InChI is InChI=1S/C23H28N2O2/c1-18(26)21-8-5-9-22(17-21)24-23(27)12-15-25-13-10-20(11-14-25)16-19-6-3-2-4-7-19/h2-9,17,20H,10-16H2,1H3,(H,24,27). The van der Waals surface area contributed by atoms with E-state index in [0.717, 1.165) is 32.0 Å². The summed E-state index contributed by atoms with van der Waals surface area (Å²) in [7, 11) is 0. The highest BCUT2D eigenvalue weighted by atomic mass is 16.1. The minimum absolute atomic E-state index is 0.00195. The molecule has 1 N–H and O–H groups in total. The van der Waals surface area contributed by atoms with Crippen molar-refractivity contribution in [2.24, 2.45) is 5.92 Å². The van der Waals surface area contributed by atoms with E-state index in [2.05, 4.69) is 40.5 Å². The van der Waals surface area contributed by atoms with Gasteiger partial charge in [-0.1, -0.05) is 42.5 Å². The van der Waals surface area contributed by atoms with Crippen molar-refractivity contribution in [1.29, 1.82) is 0 Å². The van der Waals surface area contributed by atoms with Crippen LogP contribution in [0.5, 0.6) is 0 Å². The van der Waals surface area contributed by atoms with Gasteiger partial charge in [0.1, 0.15) is 0 Å². The van der Waals surface area contributed by atoms with E-state index in [4.69, 9.17) is 0 Å². The molecule has 1 heterocycles. The van der Waals surface area contributed by atoms with Gasteiger partial charge < -0.3 is 10.2 Å². The topological polar surface area (TPSA) is 49.4 Å². The summed E-state index contributed by atoms with van der Waals surface area (Å²) in [4.78, 5) is 26.0. The molecule has 1 aliphatic rings.